The molecule has 1 atom stereocenters. The Morgan fingerprint density at radius 1 is 0.900 bits per heavy atom. The maximum Gasteiger partial charge on any atom is 0.153 e. The fraction of sp³-hybridized carbons (Fsp3) is 0.824. The molecule has 2 fully saturated rings. The molecule has 1 N–H and O–H groups in total. The third-order valence-corrected chi connectivity index (χ3v) is 4.97. The predicted octanol–water partition coefficient (Wildman–Crippen LogP) is 4.71. The van der Waals surface area contributed by atoms with E-state index in [1.54, 1.807) is 0 Å². The van der Waals surface area contributed by atoms with E-state index in [4.69, 9.17) is 4.52 Å². The van der Waals surface area contributed by atoms with Crippen molar-refractivity contribution in [1.29, 1.82) is 0 Å². The van der Waals surface area contributed by atoms with Crippen LogP contribution in [0, 0.1) is 0 Å². The molecule has 1 unspecified atom stereocenters. The molecule has 1 aromatic rings. The Labute approximate surface area is 122 Å². The molecule has 0 bridgehead atoms. The van der Waals surface area contributed by atoms with Crippen LogP contribution in [0.4, 0.5) is 0 Å². The first-order valence-corrected chi connectivity index (χ1v) is 8.63. The molecule has 3 rings (SSSR count). The molecule has 3 nitrogen and oxygen atoms in total. The summed E-state index contributed by atoms with van der Waals surface area (Å²) < 4.78 is 5.62. The number of rotatable bonds is 2. The highest BCUT2D eigenvalue weighted by Crippen LogP contribution is 2.32. The molecule has 1 aliphatic heterocycles. The molecule has 3 heteroatoms. The molecule has 1 saturated carbocycles. The van der Waals surface area contributed by atoms with Crippen LogP contribution >= 0.6 is 0 Å². The number of nitrogens with one attached hydrogen (secondary N) is 1. The molecule has 1 saturated heterocycles. The van der Waals surface area contributed by atoms with Gasteiger partial charge in [-0.05, 0) is 32.2 Å². The smallest absolute Gasteiger partial charge is 0.153 e. The second-order valence-corrected chi connectivity index (χ2v) is 6.55. The summed E-state index contributed by atoms with van der Waals surface area (Å²) >= 11 is 0. The molecule has 1 aliphatic carbocycles. The van der Waals surface area contributed by atoms with E-state index in [1.807, 2.05) is 0 Å². The van der Waals surface area contributed by atoms with E-state index in [1.165, 1.54) is 76.3 Å². The fourth-order valence-electron chi connectivity index (χ4n) is 3.69. The standard InChI is InChI=1S/C17H28N2O/c1-2-4-6-9-14(10-7-5-3-1)16-13-17(20-19-16)15-11-8-12-18-15/h13-15,18H,1-12H2. The summed E-state index contributed by atoms with van der Waals surface area (Å²) in [6, 6.07) is 2.65. The summed E-state index contributed by atoms with van der Waals surface area (Å²) in [5, 5.41) is 7.89. The van der Waals surface area contributed by atoms with Gasteiger partial charge in [-0.2, -0.15) is 0 Å². The molecule has 0 radical (unpaired) electrons. The predicted molar refractivity (Wildman–Crippen MR) is 80.8 cm³/mol. The second-order valence-electron chi connectivity index (χ2n) is 6.55. The van der Waals surface area contributed by atoms with Gasteiger partial charge in [0, 0.05) is 12.0 Å². The van der Waals surface area contributed by atoms with Crippen molar-refractivity contribution in [3.8, 4) is 0 Å². The van der Waals surface area contributed by atoms with Crippen molar-refractivity contribution in [2.45, 2.75) is 82.6 Å². The molecular weight excluding hydrogens is 248 g/mol. The van der Waals surface area contributed by atoms with Gasteiger partial charge in [-0.15, -0.1) is 0 Å². The normalized spacial score (nSPS) is 26.7. The number of hydrogen-bond acceptors (Lipinski definition) is 3. The zero-order valence-corrected chi connectivity index (χ0v) is 12.6. The Morgan fingerprint density at radius 3 is 2.25 bits per heavy atom. The third-order valence-electron chi connectivity index (χ3n) is 4.97. The quantitative estimate of drug-likeness (QED) is 0.850. The molecule has 2 aliphatic rings. The van der Waals surface area contributed by atoms with Crippen molar-refractivity contribution in [3.63, 3.8) is 0 Å². The highest BCUT2D eigenvalue weighted by molar-refractivity contribution is 5.14. The van der Waals surface area contributed by atoms with Crippen molar-refractivity contribution >= 4 is 0 Å². The summed E-state index contributed by atoms with van der Waals surface area (Å²) in [7, 11) is 0. The minimum atomic E-state index is 0.413. The Balaban J connectivity index is 1.62. The van der Waals surface area contributed by atoms with Crippen molar-refractivity contribution < 1.29 is 4.52 Å². The lowest BCUT2D eigenvalue weighted by atomic mass is 9.90. The first-order valence-electron chi connectivity index (χ1n) is 8.63. The zero-order valence-electron chi connectivity index (χ0n) is 12.6. The van der Waals surface area contributed by atoms with Gasteiger partial charge in [-0.1, -0.05) is 50.1 Å². The average Bonchev–Trinajstić information content (AvgIpc) is 3.15. The van der Waals surface area contributed by atoms with Crippen LogP contribution < -0.4 is 5.32 Å². The van der Waals surface area contributed by atoms with Gasteiger partial charge in [0.1, 0.15) is 0 Å². The zero-order chi connectivity index (χ0) is 13.6. The molecule has 112 valence electrons. The highest BCUT2D eigenvalue weighted by atomic mass is 16.5. The highest BCUT2D eigenvalue weighted by Gasteiger charge is 2.23. The number of aromatic nitrogens is 1. The van der Waals surface area contributed by atoms with Gasteiger partial charge in [0.2, 0.25) is 0 Å². The van der Waals surface area contributed by atoms with Crippen LogP contribution in [-0.4, -0.2) is 11.7 Å². The van der Waals surface area contributed by atoms with Crippen LogP contribution in [0.15, 0.2) is 10.6 Å². The van der Waals surface area contributed by atoms with Crippen LogP contribution in [0.5, 0.6) is 0 Å². The monoisotopic (exact) mass is 276 g/mol. The van der Waals surface area contributed by atoms with Gasteiger partial charge in [0.25, 0.3) is 0 Å². The largest absolute Gasteiger partial charge is 0.359 e. The van der Waals surface area contributed by atoms with E-state index in [-0.39, 0.29) is 0 Å². The second kappa shape index (κ2) is 7.26. The van der Waals surface area contributed by atoms with Gasteiger partial charge < -0.3 is 9.84 Å². The summed E-state index contributed by atoms with van der Waals surface area (Å²) in [6.07, 6.45) is 14.8. The van der Waals surface area contributed by atoms with Gasteiger partial charge in [0.05, 0.1) is 11.7 Å². The van der Waals surface area contributed by atoms with Crippen molar-refractivity contribution in [3.05, 3.63) is 17.5 Å². The SMILES string of the molecule is c1c(C2CCCCCCCCC2)noc1C1CCCN1. The summed E-state index contributed by atoms with van der Waals surface area (Å²) in [6.45, 7) is 1.12. The van der Waals surface area contributed by atoms with Crippen molar-refractivity contribution in [2.75, 3.05) is 6.54 Å². The number of nitrogens with zero attached hydrogens (tertiary/aromatic N) is 1. The van der Waals surface area contributed by atoms with Crippen LogP contribution in [0.1, 0.15) is 94.0 Å². The van der Waals surface area contributed by atoms with Crippen molar-refractivity contribution in [1.82, 2.24) is 10.5 Å². The Morgan fingerprint density at radius 2 is 1.60 bits per heavy atom. The van der Waals surface area contributed by atoms with E-state index in [2.05, 4.69) is 16.5 Å². The van der Waals surface area contributed by atoms with Crippen LogP contribution in [0.2, 0.25) is 0 Å². The topological polar surface area (TPSA) is 38.1 Å². The van der Waals surface area contributed by atoms with E-state index in [0.29, 0.717) is 12.0 Å². The average molecular weight is 276 g/mol. The van der Waals surface area contributed by atoms with E-state index < -0.39 is 0 Å². The first kappa shape index (κ1) is 14.1. The number of hydrogen-bond donors (Lipinski definition) is 1. The Bertz CT molecular complexity index is 385. The molecule has 0 aromatic carbocycles. The molecule has 0 spiro atoms. The molecule has 1 aromatic heterocycles. The Kier molecular flexibility index (Phi) is 5.12. The minimum absolute atomic E-state index is 0.413. The lowest BCUT2D eigenvalue weighted by Crippen LogP contribution is -2.11. The maximum absolute atomic E-state index is 5.62. The van der Waals surface area contributed by atoms with Crippen LogP contribution in [0.25, 0.3) is 0 Å². The Hall–Kier alpha value is -0.830. The minimum Gasteiger partial charge on any atom is -0.359 e. The lowest BCUT2D eigenvalue weighted by molar-refractivity contribution is 0.339. The molecular formula is C17H28N2O. The van der Waals surface area contributed by atoms with Crippen molar-refractivity contribution in [2.24, 2.45) is 0 Å². The first-order chi connectivity index (χ1) is 9.93. The van der Waals surface area contributed by atoms with E-state index >= 15 is 0 Å². The summed E-state index contributed by atoms with van der Waals surface area (Å²) in [4.78, 5) is 0. The molecule has 2 heterocycles. The molecule has 20 heavy (non-hydrogen) atoms. The lowest BCUT2D eigenvalue weighted by Gasteiger charge is -2.15. The summed E-state index contributed by atoms with van der Waals surface area (Å²) in [5.74, 6) is 1.70. The van der Waals surface area contributed by atoms with E-state index in [9.17, 15) is 0 Å². The van der Waals surface area contributed by atoms with Gasteiger partial charge in [0.15, 0.2) is 5.76 Å². The summed E-state index contributed by atoms with van der Waals surface area (Å²) in [5.41, 5.74) is 1.22. The van der Waals surface area contributed by atoms with Gasteiger partial charge >= 0.3 is 0 Å². The van der Waals surface area contributed by atoms with Crippen LogP contribution in [0.3, 0.4) is 0 Å². The van der Waals surface area contributed by atoms with Gasteiger partial charge in [-0.3, -0.25) is 0 Å². The van der Waals surface area contributed by atoms with Crippen LogP contribution in [-0.2, 0) is 0 Å². The maximum atomic E-state index is 5.62. The van der Waals surface area contributed by atoms with Gasteiger partial charge in [-0.25, -0.2) is 0 Å². The third kappa shape index (κ3) is 3.63. The fourth-order valence-corrected chi connectivity index (χ4v) is 3.69. The van der Waals surface area contributed by atoms with E-state index in [0.717, 1.165) is 12.3 Å². The molecule has 0 amide bonds.